The molecular formula is C8H19NO. The van der Waals surface area contributed by atoms with Crippen molar-refractivity contribution in [2.24, 2.45) is 5.73 Å². The zero-order chi connectivity index (χ0) is 8.20. The maximum atomic E-state index is 9.17. The van der Waals surface area contributed by atoms with Crippen LogP contribution >= 0.6 is 0 Å². The van der Waals surface area contributed by atoms with E-state index in [9.17, 15) is 0 Å². The van der Waals surface area contributed by atoms with Crippen LogP contribution < -0.4 is 5.73 Å². The van der Waals surface area contributed by atoms with E-state index in [1.54, 1.807) is 0 Å². The molecule has 2 heteroatoms. The Morgan fingerprint density at radius 3 is 2.30 bits per heavy atom. The quantitative estimate of drug-likeness (QED) is 0.626. The van der Waals surface area contributed by atoms with E-state index in [-0.39, 0.29) is 11.6 Å². The Morgan fingerprint density at radius 2 is 2.00 bits per heavy atom. The van der Waals surface area contributed by atoms with Gasteiger partial charge in [0.25, 0.3) is 0 Å². The van der Waals surface area contributed by atoms with Crippen molar-refractivity contribution >= 4 is 0 Å². The second-order valence-electron chi connectivity index (χ2n) is 3.59. The summed E-state index contributed by atoms with van der Waals surface area (Å²) in [5.74, 6) is 0. The number of aliphatic hydroxyl groups is 1. The molecule has 10 heavy (non-hydrogen) atoms. The Morgan fingerprint density at radius 1 is 1.50 bits per heavy atom. The van der Waals surface area contributed by atoms with Gasteiger partial charge in [-0.05, 0) is 33.1 Å². The zero-order valence-corrected chi connectivity index (χ0v) is 7.22. The van der Waals surface area contributed by atoms with Gasteiger partial charge >= 0.3 is 0 Å². The van der Waals surface area contributed by atoms with Gasteiger partial charge in [0, 0.05) is 5.54 Å². The van der Waals surface area contributed by atoms with E-state index in [4.69, 9.17) is 10.8 Å². The molecule has 1 unspecified atom stereocenters. The molecule has 0 aliphatic rings. The van der Waals surface area contributed by atoms with Crippen LogP contribution in [0.15, 0.2) is 0 Å². The maximum absolute atomic E-state index is 9.17. The van der Waals surface area contributed by atoms with Crippen molar-refractivity contribution in [3.63, 3.8) is 0 Å². The van der Waals surface area contributed by atoms with Crippen molar-refractivity contribution in [1.82, 2.24) is 0 Å². The van der Waals surface area contributed by atoms with Crippen molar-refractivity contribution in [3.8, 4) is 0 Å². The van der Waals surface area contributed by atoms with Crippen LogP contribution in [0, 0.1) is 0 Å². The summed E-state index contributed by atoms with van der Waals surface area (Å²) in [5, 5.41) is 9.17. The van der Waals surface area contributed by atoms with Crippen LogP contribution in [0.25, 0.3) is 0 Å². The van der Waals surface area contributed by atoms with Gasteiger partial charge in [-0.15, -0.1) is 0 Å². The van der Waals surface area contributed by atoms with Gasteiger partial charge in [-0.2, -0.15) is 0 Å². The van der Waals surface area contributed by atoms with Gasteiger partial charge in [0.05, 0.1) is 6.10 Å². The predicted molar refractivity (Wildman–Crippen MR) is 43.8 cm³/mol. The molecule has 0 aromatic carbocycles. The second-order valence-corrected chi connectivity index (χ2v) is 3.59. The molecule has 3 N–H and O–H groups in total. The molecule has 62 valence electrons. The topological polar surface area (TPSA) is 46.2 Å². The van der Waals surface area contributed by atoms with Gasteiger partial charge in [0.1, 0.15) is 0 Å². The molecule has 0 fully saturated rings. The first kappa shape index (κ1) is 9.92. The molecule has 1 atom stereocenters. The summed E-state index contributed by atoms with van der Waals surface area (Å²) in [6, 6.07) is 0. The van der Waals surface area contributed by atoms with Crippen LogP contribution in [0.5, 0.6) is 0 Å². The highest BCUT2D eigenvalue weighted by Crippen LogP contribution is 2.10. The third kappa shape index (κ3) is 6.05. The van der Waals surface area contributed by atoms with Gasteiger partial charge in [-0.1, -0.05) is 6.92 Å². The highest BCUT2D eigenvalue weighted by molar-refractivity contribution is 4.72. The van der Waals surface area contributed by atoms with Gasteiger partial charge in [0.2, 0.25) is 0 Å². The first-order valence-corrected chi connectivity index (χ1v) is 3.92. The van der Waals surface area contributed by atoms with Gasteiger partial charge in [-0.3, -0.25) is 0 Å². The van der Waals surface area contributed by atoms with Gasteiger partial charge in [0.15, 0.2) is 0 Å². The van der Waals surface area contributed by atoms with E-state index in [0.29, 0.717) is 0 Å². The van der Waals surface area contributed by atoms with Crippen LogP contribution in [0.3, 0.4) is 0 Å². The summed E-state index contributed by atoms with van der Waals surface area (Å²) in [6.07, 6.45) is 2.38. The van der Waals surface area contributed by atoms with Crippen LogP contribution in [-0.4, -0.2) is 16.7 Å². The molecular weight excluding hydrogens is 126 g/mol. The number of hydrogen-bond acceptors (Lipinski definition) is 2. The SMILES string of the molecule is CCC(O)CCC(C)(C)N. The Kier molecular flexibility index (Phi) is 3.91. The molecule has 0 aliphatic heterocycles. The van der Waals surface area contributed by atoms with E-state index in [1.165, 1.54) is 0 Å². The van der Waals surface area contributed by atoms with Crippen molar-refractivity contribution < 1.29 is 5.11 Å². The molecule has 0 saturated heterocycles. The fraction of sp³-hybridized carbons (Fsp3) is 1.00. The van der Waals surface area contributed by atoms with Crippen LogP contribution in [0.1, 0.15) is 40.0 Å². The average Bonchev–Trinajstić information content (AvgIpc) is 1.81. The van der Waals surface area contributed by atoms with Crippen molar-refractivity contribution in [1.29, 1.82) is 0 Å². The lowest BCUT2D eigenvalue weighted by Crippen LogP contribution is -2.32. The molecule has 0 amide bonds. The molecule has 0 aromatic heterocycles. The van der Waals surface area contributed by atoms with Crippen LogP contribution in [-0.2, 0) is 0 Å². The molecule has 0 radical (unpaired) electrons. The van der Waals surface area contributed by atoms with Crippen LogP contribution in [0.2, 0.25) is 0 Å². The summed E-state index contributed by atoms with van der Waals surface area (Å²) in [6.45, 7) is 5.94. The van der Waals surface area contributed by atoms with E-state index >= 15 is 0 Å². The minimum absolute atomic E-state index is 0.129. The second kappa shape index (κ2) is 3.94. The fourth-order valence-electron chi connectivity index (χ4n) is 0.743. The third-order valence-electron chi connectivity index (χ3n) is 1.59. The lowest BCUT2D eigenvalue weighted by molar-refractivity contribution is 0.149. The number of hydrogen-bond donors (Lipinski definition) is 2. The highest BCUT2D eigenvalue weighted by Gasteiger charge is 2.12. The summed E-state index contributed by atoms with van der Waals surface area (Å²) >= 11 is 0. The first-order valence-electron chi connectivity index (χ1n) is 3.92. The minimum Gasteiger partial charge on any atom is -0.393 e. The molecule has 0 aromatic rings. The van der Waals surface area contributed by atoms with E-state index in [0.717, 1.165) is 19.3 Å². The average molecular weight is 145 g/mol. The summed E-state index contributed by atoms with van der Waals surface area (Å²) in [7, 11) is 0. The van der Waals surface area contributed by atoms with E-state index < -0.39 is 0 Å². The number of nitrogens with two attached hydrogens (primary N) is 1. The van der Waals surface area contributed by atoms with Crippen LogP contribution in [0.4, 0.5) is 0 Å². The van der Waals surface area contributed by atoms with Crippen molar-refractivity contribution in [2.75, 3.05) is 0 Å². The van der Waals surface area contributed by atoms with E-state index in [2.05, 4.69) is 0 Å². The number of rotatable bonds is 4. The molecule has 0 aliphatic carbocycles. The highest BCUT2D eigenvalue weighted by atomic mass is 16.3. The number of aliphatic hydroxyl groups excluding tert-OH is 1. The van der Waals surface area contributed by atoms with Gasteiger partial charge < -0.3 is 10.8 Å². The zero-order valence-electron chi connectivity index (χ0n) is 7.22. The maximum Gasteiger partial charge on any atom is 0.0538 e. The standard InChI is InChI=1S/C8H19NO/c1-4-7(10)5-6-8(2,3)9/h7,10H,4-6,9H2,1-3H3. The Labute approximate surface area is 63.4 Å². The molecule has 2 nitrogen and oxygen atoms in total. The largest absolute Gasteiger partial charge is 0.393 e. The summed E-state index contributed by atoms with van der Waals surface area (Å²) in [5.41, 5.74) is 5.60. The Bertz CT molecular complexity index is 85.7. The van der Waals surface area contributed by atoms with Gasteiger partial charge in [-0.25, -0.2) is 0 Å². The normalized spacial score (nSPS) is 15.3. The molecule has 0 heterocycles. The first-order chi connectivity index (χ1) is 4.45. The monoisotopic (exact) mass is 145 g/mol. The molecule has 0 rings (SSSR count). The summed E-state index contributed by atoms with van der Waals surface area (Å²) < 4.78 is 0. The fourth-order valence-corrected chi connectivity index (χ4v) is 0.743. The molecule has 0 bridgehead atoms. The lowest BCUT2D eigenvalue weighted by atomic mass is 9.97. The van der Waals surface area contributed by atoms with Crippen molar-refractivity contribution in [3.05, 3.63) is 0 Å². The minimum atomic E-state index is -0.164. The Balaban J connectivity index is 3.36. The molecule has 0 spiro atoms. The van der Waals surface area contributed by atoms with Crippen molar-refractivity contribution in [2.45, 2.75) is 51.7 Å². The third-order valence-corrected chi connectivity index (χ3v) is 1.59. The summed E-state index contributed by atoms with van der Waals surface area (Å²) in [4.78, 5) is 0. The van der Waals surface area contributed by atoms with E-state index in [1.807, 2.05) is 20.8 Å². The predicted octanol–water partition coefficient (Wildman–Crippen LogP) is 1.27. The smallest absolute Gasteiger partial charge is 0.0538 e. The lowest BCUT2D eigenvalue weighted by Gasteiger charge is -2.19. The molecule has 0 saturated carbocycles. The Hall–Kier alpha value is -0.0800.